The molecule has 110 valence electrons. The standard InChI is InChI=1S/C16H30N2O/c1-13-4-2-6-15(9-7-13)18-16(19)10-8-14-5-3-11-17-12-14/h13-15,17H,2-12H2,1H3,(H,18,19). The third-order valence-electron chi connectivity index (χ3n) is 4.80. The number of carbonyl (C=O) groups is 1. The summed E-state index contributed by atoms with van der Waals surface area (Å²) in [5.41, 5.74) is 0. The molecule has 1 saturated heterocycles. The predicted octanol–water partition coefficient (Wildman–Crippen LogP) is 2.85. The lowest BCUT2D eigenvalue weighted by Crippen LogP contribution is -2.35. The largest absolute Gasteiger partial charge is 0.353 e. The molecule has 3 unspecified atom stereocenters. The van der Waals surface area contributed by atoms with Gasteiger partial charge in [-0.15, -0.1) is 0 Å². The monoisotopic (exact) mass is 266 g/mol. The van der Waals surface area contributed by atoms with Crippen LogP contribution in [0, 0.1) is 11.8 Å². The Morgan fingerprint density at radius 2 is 2.05 bits per heavy atom. The Labute approximate surface area is 117 Å². The number of rotatable bonds is 4. The maximum atomic E-state index is 12.0. The second-order valence-corrected chi connectivity index (χ2v) is 6.63. The van der Waals surface area contributed by atoms with Crippen molar-refractivity contribution in [2.75, 3.05) is 13.1 Å². The van der Waals surface area contributed by atoms with Crippen LogP contribution in [0.25, 0.3) is 0 Å². The summed E-state index contributed by atoms with van der Waals surface area (Å²) in [6.45, 7) is 4.59. The van der Waals surface area contributed by atoms with Crippen molar-refractivity contribution >= 4 is 5.91 Å². The molecule has 0 spiro atoms. The highest BCUT2D eigenvalue weighted by Crippen LogP contribution is 2.23. The number of hydrogen-bond donors (Lipinski definition) is 2. The van der Waals surface area contributed by atoms with Crippen molar-refractivity contribution in [2.45, 2.75) is 70.8 Å². The van der Waals surface area contributed by atoms with Crippen LogP contribution in [0.4, 0.5) is 0 Å². The highest BCUT2D eigenvalue weighted by atomic mass is 16.1. The summed E-state index contributed by atoms with van der Waals surface area (Å²) in [6, 6.07) is 0.446. The van der Waals surface area contributed by atoms with Gasteiger partial charge in [0.1, 0.15) is 0 Å². The molecule has 3 nitrogen and oxygen atoms in total. The van der Waals surface area contributed by atoms with Gasteiger partial charge >= 0.3 is 0 Å². The van der Waals surface area contributed by atoms with Gasteiger partial charge in [-0.25, -0.2) is 0 Å². The second-order valence-electron chi connectivity index (χ2n) is 6.63. The van der Waals surface area contributed by atoms with Crippen molar-refractivity contribution in [3.63, 3.8) is 0 Å². The Hall–Kier alpha value is -0.570. The van der Waals surface area contributed by atoms with Crippen LogP contribution >= 0.6 is 0 Å². The molecule has 2 aliphatic rings. The van der Waals surface area contributed by atoms with Gasteiger partial charge in [0.2, 0.25) is 5.91 Å². The van der Waals surface area contributed by atoms with Gasteiger partial charge in [-0.1, -0.05) is 19.8 Å². The summed E-state index contributed by atoms with van der Waals surface area (Å²) >= 11 is 0. The Morgan fingerprint density at radius 1 is 1.16 bits per heavy atom. The van der Waals surface area contributed by atoms with Crippen LogP contribution in [0.3, 0.4) is 0 Å². The highest BCUT2D eigenvalue weighted by molar-refractivity contribution is 5.76. The van der Waals surface area contributed by atoms with Crippen LogP contribution in [-0.2, 0) is 4.79 Å². The molecule has 3 atom stereocenters. The SMILES string of the molecule is CC1CCCC(NC(=O)CCC2CCCNC2)CC1. The van der Waals surface area contributed by atoms with E-state index in [0.29, 0.717) is 12.0 Å². The summed E-state index contributed by atoms with van der Waals surface area (Å²) in [7, 11) is 0. The molecule has 19 heavy (non-hydrogen) atoms. The molecule has 0 aromatic heterocycles. The molecular weight excluding hydrogens is 236 g/mol. The van der Waals surface area contributed by atoms with E-state index in [4.69, 9.17) is 0 Å². The lowest BCUT2D eigenvalue weighted by Gasteiger charge is -2.23. The molecule has 0 aromatic carbocycles. The van der Waals surface area contributed by atoms with Crippen molar-refractivity contribution in [2.24, 2.45) is 11.8 Å². The minimum atomic E-state index is 0.283. The molecule has 2 N–H and O–H groups in total. The Balaban J connectivity index is 1.63. The van der Waals surface area contributed by atoms with Crippen LogP contribution in [0.5, 0.6) is 0 Å². The number of piperidine rings is 1. The van der Waals surface area contributed by atoms with Crippen molar-refractivity contribution in [3.8, 4) is 0 Å². The van der Waals surface area contributed by atoms with Crippen molar-refractivity contribution in [3.05, 3.63) is 0 Å². The topological polar surface area (TPSA) is 41.1 Å². The van der Waals surface area contributed by atoms with Gasteiger partial charge < -0.3 is 10.6 Å². The third-order valence-corrected chi connectivity index (χ3v) is 4.80. The van der Waals surface area contributed by atoms with Gasteiger partial charge in [0, 0.05) is 12.5 Å². The predicted molar refractivity (Wildman–Crippen MR) is 79.0 cm³/mol. The first kappa shape index (κ1) is 14.8. The molecular formula is C16H30N2O. The van der Waals surface area contributed by atoms with E-state index in [1.807, 2.05) is 0 Å². The highest BCUT2D eigenvalue weighted by Gasteiger charge is 2.19. The minimum absolute atomic E-state index is 0.283. The quantitative estimate of drug-likeness (QED) is 0.768. The number of nitrogens with one attached hydrogen (secondary N) is 2. The maximum absolute atomic E-state index is 12.0. The van der Waals surface area contributed by atoms with Crippen molar-refractivity contribution in [1.29, 1.82) is 0 Å². The van der Waals surface area contributed by atoms with Crippen LogP contribution < -0.4 is 10.6 Å². The van der Waals surface area contributed by atoms with E-state index >= 15 is 0 Å². The van der Waals surface area contributed by atoms with E-state index in [-0.39, 0.29) is 5.91 Å². The normalized spacial score (nSPS) is 32.6. The zero-order chi connectivity index (χ0) is 13.5. The summed E-state index contributed by atoms with van der Waals surface area (Å²) in [6.07, 6.45) is 10.6. The van der Waals surface area contributed by atoms with Gasteiger partial charge in [0.25, 0.3) is 0 Å². The summed E-state index contributed by atoms with van der Waals surface area (Å²) < 4.78 is 0. The summed E-state index contributed by atoms with van der Waals surface area (Å²) in [4.78, 5) is 12.0. The maximum Gasteiger partial charge on any atom is 0.220 e. The molecule has 0 bridgehead atoms. The van der Waals surface area contributed by atoms with Gasteiger partial charge in [-0.05, 0) is 63.5 Å². The molecule has 1 heterocycles. The zero-order valence-corrected chi connectivity index (χ0v) is 12.4. The van der Waals surface area contributed by atoms with Gasteiger partial charge in [0.05, 0.1) is 0 Å². The summed E-state index contributed by atoms with van der Waals surface area (Å²) in [5.74, 6) is 1.84. The molecule has 2 rings (SSSR count). The van der Waals surface area contributed by atoms with Gasteiger partial charge in [0.15, 0.2) is 0 Å². The van der Waals surface area contributed by atoms with Crippen molar-refractivity contribution < 1.29 is 4.79 Å². The Kier molecular flexibility index (Phi) is 6.15. The number of amides is 1. The van der Waals surface area contributed by atoms with Crippen LogP contribution in [0.2, 0.25) is 0 Å². The first-order valence-electron chi connectivity index (χ1n) is 8.24. The van der Waals surface area contributed by atoms with Gasteiger partial charge in [-0.2, -0.15) is 0 Å². The third kappa shape index (κ3) is 5.52. The summed E-state index contributed by atoms with van der Waals surface area (Å²) in [5, 5.41) is 6.68. The van der Waals surface area contributed by atoms with E-state index in [9.17, 15) is 4.79 Å². The lowest BCUT2D eigenvalue weighted by molar-refractivity contribution is -0.122. The van der Waals surface area contributed by atoms with E-state index in [0.717, 1.165) is 31.8 Å². The Morgan fingerprint density at radius 3 is 2.84 bits per heavy atom. The molecule has 3 heteroatoms. The van der Waals surface area contributed by atoms with E-state index in [2.05, 4.69) is 17.6 Å². The fraction of sp³-hybridized carbons (Fsp3) is 0.938. The smallest absolute Gasteiger partial charge is 0.220 e. The zero-order valence-electron chi connectivity index (χ0n) is 12.4. The van der Waals surface area contributed by atoms with Crippen LogP contribution in [-0.4, -0.2) is 25.0 Å². The molecule has 1 aliphatic carbocycles. The van der Waals surface area contributed by atoms with E-state index in [1.165, 1.54) is 44.9 Å². The van der Waals surface area contributed by atoms with Crippen LogP contribution in [0.1, 0.15) is 64.7 Å². The molecule has 1 amide bonds. The fourth-order valence-electron chi connectivity index (χ4n) is 3.44. The molecule has 0 radical (unpaired) electrons. The first-order chi connectivity index (χ1) is 9.24. The van der Waals surface area contributed by atoms with E-state index in [1.54, 1.807) is 0 Å². The average Bonchev–Trinajstić information content (AvgIpc) is 2.63. The van der Waals surface area contributed by atoms with Gasteiger partial charge in [-0.3, -0.25) is 4.79 Å². The Bertz CT molecular complexity index is 274. The fourth-order valence-corrected chi connectivity index (χ4v) is 3.44. The molecule has 1 aliphatic heterocycles. The number of carbonyl (C=O) groups excluding carboxylic acids is 1. The number of hydrogen-bond acceptors (Lipinski definition) is 2. The molecule has 0 aromatic rings. The molecule has 1 saturated carbocycles. The minimum Gasteiger partial charge on any atom is -0.353 e. The first-order valence-corrected chi connectivity index (χ1v) is 8.24. The average molecular weight is 266 g/mol. The second kappa shape index (κ2) is 7.88. The lowest BCUT2D eigenvalue weighted by atomic mass is 9.94. The van der Waals surface area contributed by atoms with E-state index < -0.39 is 0 Å². The van der Waals surface area contributed by atoms with Crippen LogP contribution in [0.15, 0.2) is 0 Å². The molecule has 2 fully saturated rings. The van der Waals surface area contributed by atoms with Crippen molar-refractivity contribution in [1.82, 2.24) is 10.6 Å².